The summed E-state index contributed by atoms with van der Waals surface area (Å²) in [6.45, 7) is 3.54. The molecule has 2 rings (SSSR count). The van der Waals surface area contributed by atoms with Crippen LogP contribution < -0.4 is 5.32 Å². The maximum Gasteiger partial charge on any atom is 0.0716 e. The minimum atomic E-state index is 0.648. The summed E-state index contributed by atoms with van der Waals surface area (Å²) in [4.78, 5) is 0. The number of anilines is 1. The molecule has 1 N–H and O–H groups in total. The van der Waals surface area contributed by atoms with E-state index in [1.165, 1.54) is 16.7 Å². The molecule has 0 saturated carbocycles. The molecule has 0 heterocycles. The molecule has 0 aromatic heterocycles. The first-order valence-corrected chi connectivity index (χ1v) is 7.05. The zero-order chi connectivity index (χ0) is 13.7. The lowest BCUT2D eigenvalue weighted by Gasteiger charge is -2.12. The van der Waals surface area contributed by atoms with E-state index in [0.29, 0.717) is 6.61 Å². The SMILES string of the molecule is COCc1ccccc1CNc1cc(C)cc(Br)c1. The van der Waals surface area contributed by atoms with E-state index in [4.69, 9.17) is 4.74 Å². The van der Waals surface area contributed by atoms with E-state index in [1.807, 2.05) is 6.07 Å². The molecular formula is C16H18BrNO. The van der Waals surface area contributed by atoms with Gasteiger partial charge in [-0.05, 0) is 41.8 Å². The monoisotopic (exact) mass is 319 g/mol. The Balaban J connectivity index is 2.09. The van der Waals surface area contributed by atoms with Gasteiger partial charge in [-0.25, -0.2) is 0 Å². The van der Waals surface area contributed by atoms with E-state index in [9.17, 15) is 0 Å². The molecule has 100 valence electrons. The van der Waals surface area contributed by atoms with Crippen molar-refractivity contribution in [1.29, 1.82) is 0 Å². The minimum Gasteiger partial charge on any atom is -0.381 e. The van der Waals surface area contributed by atoms with Crippen molar-refractivity contribution >= 4 is 21.6 Å². The second kappa shape index (κ2) is 6.73. The molecule has 0 spiro atoms. The Morgan fingerprint density at radius 2 is 1.84 bits per heavy atom. The molecular weight excluding hydrogens is 302 g/mol. The van der Waals surface area contributed by atoms with Crippen LogP contribution >= 0.6 is 15.9 Å². The molecule has 3 heteroatoms. The van der Waals surface area contributed by atoms with Crippen LogP contribution in [0.15, 0.2) is 46.9 Å². The van der Waals surface area contributed by atoms with Gasteiger partial charge in [0, 0.05) is 23.8 Å². The van der Waals surface area contributed by atoms with Crippen LogP contribution in [-0.4, -0.2) is 7.11 Å². The Morgan fingerprint density at radius 3 is 2.53 bits per heavy atom. The van der Waals surface area contributed by atoms with Crippen LogP contribution in [0.2, 0.25) is 0 Å². The summed E-state index contributed by atoms with van der Waals surface area (Å²) in [7, 11) is 1.72. The van der Waals surface area contributed by atoms with Crippen molar-refractivity contribution in [2.45, 2.75) is 20.1 Å². The summed E-state index contributed by atoms with van der Waals surface area (Å²) in [6.07, 6.45) is 0. The maximum atomic E-state index is 5.22. The number of halogens is 1. The Bertz CT molecular complexity index is 534. The van der Waals surface area contributed by atoms with E-state index in [-0.39, 0.29) is 0 Å². The van der Waals surface area contributed by atoms with Gasteiger partial charge < -0.3 is 10.1 Å². The quantitative estimate of drug-likeness (QED) is 0.875. The molecule has 2 nitrogen and oxygen atoms in total. The predicted molar refractivity (Wildman–Crippen MR) is 83.4 cm³/mol. The highest BCUT2D eigenvalue weighted by atomic mass is 79.9. The molecule has 0 bridgehead atoms. The van der Waals surface area contributed by atoms with Gasteiger partial charge in [0.25, 0.3) is 0 Å². The lowest BCUT2D eigenvalue weighted by Crippen LogP contribution is -2.03. The summed E-state index contributed by atoms with van der Waals surface area (Å²) in [5.74, 6) is 0. The van der Waals surface area contributed by atoms with Crippen LogP contribution in [0.1, 0.15) is 16.7 Å². The Labute approximate surface area is 122 Å². The third-order valence-corrected chi connectivity index (χ3v) is 3.40. The fourth-order valence-corrected chi connectivity index (χ4v) is 2.67. The molecule has 2 aromatic carbocycles. The van der Waals surface area contributed by atoms with Gasteiger partial charge in [-0.3, -0.25) is 0 Å². The van der Waals surface area contributed by atoms with Gasteiger partial charge in [-0.2, -0.15) is 0 Å². The van der Waals surface area contributed by atoms with Crippen molar-refractivity contribution in [3.05, 3.63) is 63.6 Å². The zero-order valence-electron chi connectivity index (χ0n) is 11.2. The largest absolute Gasteiger partial charge is 0.381 e. The average Bonchev–Trinajstić information content (AvgIpc) is 2.37. The fourth-order valence-electron chi connectivity index (χ4n) is 2.06. The number of nitrogens with one attached hydrogen (secondary N) is 1. The van der Waals surface area contributed by atoms with E-state index in [0.717, 1.165) is 16.7 Å². The third kappa shape index (κ3) is 4.08. The van der Waals surface area contributed by atoms with Crippen molar-refractivity contribution in [2.24, 2.45) is 0 Å². The van der Waals surface area contributed by atoms with Crippen LogP contribution in [0.25, 0.3) is 0 Å². The van der Waals surface area contributed by atoms with Crippen molar-refractivity contribution in [3.8, 4) is 0 Å². The number of hydrogen-bond donors (Lipinski definition) is 1. The highest BCUT2D eigenvalue weighted by Crippen LogP contribution is 2.20. The third-order valence-electron chi connectivity index (χ3n) is 2.94. The first-order chi connectivity index (χ1) is 9.19. The number of rotatable bonds is 5. The summed E-state index contributed by atoms with van der Waals surface area (Å²) < 4.78 is 6.32. The summed E-state index contributed by atoms with van der Waals surface area (Å²) in [5, 5.41) is 3.46. The highest BCUT2D eigenvalue weighted by molar-refractivity contribution is 9.10. The van der Waals surface area contributed by atoms with Gasteiger partial charge in [0.2, 0.25) is 0 Å². The van der Waals surface area contributed by atoms with E-state index in [2.05, 4.69) is 64.6 Å². The molecule has 0 fully saturated rings. The van der Waals surface area contributed by atoms with Crippen molar-refractivity contribution in [1.82, 2.24) is 0 Å². The first-order valence-electron chi connectivity index (χ1n) is 6.26. The molecule has 0 amide bonds. The summed E-state index contributed by atoms with van der Waals surface area (Å²) in [6, 6.07) is 14.7. The zero-order valence-corrected chi connectivity index (χ0v) is 12.8. The topological polar surface area (TPSA) is 21.3 Å². The molecule has 0 radical (unpaired) electrons. The van der Waals surface area contributed by atoms with Gasteiger partial charge in [0.05, 0.1) is 6.61 Å². The van der Waals surface area contributed by atoms with Gasteiger partial charge in [-0.15, -0.1) is 0 Å². The second-order valence-electron chi connectivity index (χ2n) is 4.57. The number of ether oxygens (including phenoxy) is 1. The number of benzene rings is 2. The molecule has 0 aliphatic carbocycles. The van der Waals surface area contributed by atoms with Crippen LogP contribution in [0.4, 0.5) is 5.69 Å². The standard InChI is InChI=1S/C16H18BrNO/c1-12-7-15(17)9-16(8-12)18-10-13-5-3-4-6-14(13)11-19-2/h3-9,18H,10-11H2,1-2H3. The second-order valence-corrected chi connectivity index (χ2v) is 5.49. The summed E-state index contributed by atoms with van der Waals surface area (Å²) in [5.41, 5.74) is 4.85. The van der Waals surface area contributed by atoms with E-state index < -0.39 is 0 Å². The molecule has 0 saturated heterocycles. The van der Waals surface area contributed by atoms with Gasteiger partial charge in [0.1, 0.15) is 0 Å². The number of hydrogen-bond acceptors (Lipinski definition) is 2. The van der Waals surface area contributed by atoms with Gasteiger partial charge in [-0.1, -0.05) is 40.2 Å². The van der Waals surface area contributed by atoms with Crippen molar-refractivity contribution < 1.29 is 4.74 Å². The predicted octanol–water partition coefficient (Wildman–Crippen LogP) is 4.52. The molecule has 0 atom stereocenters. The van der Waals surface area contributed by atoms with Crippen LogP contribution in [-0.2, 0) is 17.9 Å². The lowest BCUT2D eigenvalue weighted by molar-refractivity contribution is 0.184. The number of methoxy groups -OCH3 is 1. The maximum absolute atomic E-state index is 5.22. The first kappa shape index (κ1) is 14.1. The van der Waals surface area contributed by atoms with Gasteiger partial charge >= 0.3 is 0 Å². The van der Waals surface area contributed by atoms with E-state index in [1.54, 1.807) is 7.11 Å². The Kier molecular flexibility index (Phi) is 5.00. The molecule has 0 unspecified atom stereocenters. The van der Waals surface area contributed by atoms with Crippen LogP contribution in [0.5, 0.6) is 0 Å². The molecule has 19 heavy (non-hydrogen) atoms. The van der Waals surface area contributed by atoms with Crippen molar-refractivity contribution in [3.63, 3.8) is 0 Å². The fraction of sp³-hybridized carbons (Fsp3) is 0.250. The van der Waals surface area contributed by atoms with Crippen LogP contribution in [0.3, 0.4) is 0 Å². The Hall–Kier alpha value is -1.32. The highest BCUT2D eigenvalue weighted by Gasteiger charge is 2.02. The Morgan fingerprint density at radius 1 is 1.11 bits per heavy atom. The molecule has 2 aromatic rings. The minimum absolute atomic E-state index is 0.648. The average molecular weight is 320 g/mol. The lowest BCUT2D eigenvalue weighted by atomic mass is 10.1. The number of aryl methyl sites for hydroxylation is 1. The molecule has 0 aliphatic rings. The summed E-state index contributed by atoms with van der Waals surface area (Å²) >= 11 is 3.52. The van der Waals surface area contributed by atoms with Crippen molar-refractivity contribution in [2.75, 3.05) is 12.4 Å². The van der Waals surface area contributed by atoms with Gasteiger partial charge in [0.15, 0.2) is 0 Å². The molecule has 0 aliphatic heterocycles. The normalized spacial score (nSPS) is 10.5. The van der Waals surface area contributed by atoms with E-state index >= 15 is 0 Å². The van der Waals surface area contributed by atoms with Crippen LogP contribution in [0, 0.1) is 6.92 Å². The smallest absolute Gasteiger partial charge is 0.0716 e.